The Bertz CT molecular complexity index is 2130. The Kier molecular flexibility index (Phi) is 23.5. The molecule has 2 saturated heterocycles. The van der Waals surface area contributed by atoms with Crippen molar-refractivity contribution in [1.82, 2.24) is 42.1 Å². The predicted molar refractivity (Wildman–Crippen MR) is 274 cm³/mol. The van der Waals surface area contributed by atoms with Crippen molar-refractivity contribution in [2.75, 3.05) is 26.0 Å². The molecule has 1 aromatic carbocycles. The van der Waals surface area contributed by atoms with Gasteiger partial charge in [-0.3, -0.25) is 47.9 Å². The molecule has 25 heteroatoms. The molecule has 3 fully saturated rings. The number of nitrogens with zero attached hydrogens (tertiary/aromatic N) is 1. The molecule has 4 rings (SSSR count). The van der Waals surface area contributed by atoms with Gasteiger partial charge in [-0.15, -0.1) is 0 Å². The normalized spacial score (nSPS) is 25.2. The molecule has 14 N–H and O–H groups in total. The summed E-state index contributed by atoms with van der Waals surface area (Å²) in [6.45, 7) is 6.36. The van der Waals surface area contributed by atoms with E-state index in [4.69, 9.17) is 21.9 Å². The third kappa shape index (κ3) is 17.8. The average molecular weight is 1060 g/mol. The smallest absolute Gasteiger partial charge is 0.246 e. The van der Waals surface area contributed by atoms with Crippen LogP contribution < -0.4 is 59.2 Å². The van der Waals surface area contributed by atoms with Crippen LogP contribution in [0.2, 0.25) is 0 Å². The van der Waals surface area contributed by atoms with E-state index in [9.17, 15) is 53.1 Å². The lowest BCUT2D eigenvalue weighted by atomic mass is 9.85. The molecule has 2 aliphatic heterocycles. The lowest BCUT2D eigenvalue weighted by molar-refractivity contribution is -0.142. The number of ether oxygens (including phenoxy) is 1. The molecule has 1 saturated carbocycles. The molecule has 10 amide bonds. The summed E-state index contributed by atoms with van der Waals surface area (Å²) in [6.07, 6.45) is 2.65. The average Bonchev–Trinajstić information content (AvgIpc) is 3.85. The Hall–Kier alpha value is -5.66. The van der Waals surface area contributed by atoms with Gasteiger partial charge in [-0.25, -0.2) is 0 Å². The molecule has 0 aromatic heterocycles. The van der Waals surface area contributed by atoms with Crippen LogP contribution in [0.3, 0.4) is 0 Å². The summed E-state index contributed by atoms with van der Waals surface area (Å²) < 4.78 is 4.61. The Balaban J connectivity index is 1.75. The van der Waals surface area contributed by atoms with Gasteiger partial charge in [0.15, 0.2) is 0 Å². The monoisotopic (exact) mass is 1060 g/mol. The number of aliphatic hydroxyl groups excluding tert-OH is 1. The fourth-order valence-electron chi connectivity index (χ4n) is 8.93. The molecule has 1 aliphatic carbocycles. The SMILES string of the molecule is CC[C@H](C)[C@H]1NC(=O)[C@@H](Cc2ccc(OC)cc2)NC(=O)CC2(CCCCC2)SSC[C@H](C(=O)N2CCC[C@H]2C(=O)N[C@@H](CCCN)C(=O)N[C@H](C)C(N)=O)NC(=O)[C@@H](CC(N)=O)NC(=O)[C@H]([C@H](C)O)NC1=O. The van der Waals surface area contributed by atoms with E-state index in [1.165, 1.54) is 47.4 Å². The van der Waals surface area contributed by atoms with Crippen LogP contribution in [-0.2, 0) is 54.4 Å². The number of primary amides is 2. The first-order valence-electron chi connectivity index (χ1n) is 24.9. The molecule has 73 heavy (non-hydrogen) atoms. The summed E-state index contributed by atoms with van der Waals surface area (Å²) in [4.78, 5) is 139. The summed E-state index contributed by atoms with van der Waals surface area (Å²) >= 11 is 0. The van der Waals surface area contributed by atoms with Gasteiger partial charge in [0.05, 0.1) is 19.6 Å². The molecule has 0 unspecified atom stereocenters. The minimum atomic E-state index is -1.74. The molecule has 1 aromatic rings. The molecular formula is C48H75N11O12S2. The van der Waals surface area contributed by atoms with Crippen LogP contribution in [-0.4, -0.2) is 154 Å². The van der Waals surface area contributed by atoms with E-state index in [0.29, 0.717) is 43.4 Å². The van der Waals surface area contributed by atoms with Crippen LogP contribution in [0, 0.1) is 5.92 Å². The van der Waals surface area contributed by atoms with Crippen molar-refractivity contribution in [3.8, 4) is 5.75 Å². The third-order valence-electron chi connectivity index (χ3n) is 13.4. The number of nitrogens with two attached hydrogens (primary N) is 3. The molecule has 0 radical (unpaired) electrons. The summed E-state index contributed by atoms with van der Waals surface area (Å²) in [5.74, 6) is -8.09. The number of carbonyl (C=O) groups excluding carboxylic acids is 10. The summed E-state index contributed by atoms with van der Waals surface area (Å²) in [7, 11) is 4.08. The lowest BCUT2D eigenvalue weighted by Crippen LogP contribution is -2.63. The highest BCUT2D eigenvalue weighted by molar-refractivity contribution is 8.77. The van der Waals surface area contributed by atoms with Crippen molar-refractivity contribution in [2.24, 2.45) is 23.1 Å². The van der Waals surface area contributed by atoms with Crippen molar-refractivity contribution in [1.29, 1.82) is 0 Å². The van der Waals surface area contributed by atoms with Crippen LogP contribution in [0.1, 0.15) is 110 Å². The van der Waals surface area contributed by atoms with E-state index < -0.39 is 131 Å². The fraction of sp³-hybridized carbons (Fsp3) is 0.667. The molecule has 10 atom stereocenters. The minimum absolute atomic E-state index is 0.0281. The van der Waals surface area contributed by atoms with Gasteiger partial charge in [-0.2, -0.15) is 0 Å². The molecule has 23 nitrogen and oxygen atoms in total. The van der Waals surface area contributed by atoms with Gasteiger partial charge in [0.2, 0.25) is 59.1 Å². The highest BCUT2D eigenvalue weighted by Crippen LogP contribution is 2.48. The van der Waals surface area contributed by atoms with Gasteiger partial charge < -0.3 is 69.2 Å². The maximum absolute atomic E-state index is 14.8. The third-order valence-corrected chi connectivity index (χ3v) is 16.7. The minimum Gasteiger partial charge on any atom is -0.497 e. The Labute approximate surface area is 434 Å². The first kappa shape index (κ1) is 59.9. The van der Waals surface area contributed by atoms with E-state index >= 15 is 0 Å². The van der Waals surface area contributed by atoms with Gasteiger partial charge in [-0.1, -0.05) is 73.3 Å². The largest absolute Gasteiger partial charge is 0.497 e. The van der Waals surface area contributed by atoms with Crippen molar-refractivity contribution >= 4 is 80.7 Å². The number of hydrogen-bond acceptors (Lipinski definition) is 15. The summed E-state index contributed by atoms with van der Waals surface area (Å²) in [6, 6.07) is -3.72. The molecule has 3 aliphatic rings. The number of carbonyl (C=O) groups is 10. The van der Waals surface area contributed by atoms with Crippen LogP contribution in [0.4, 0.5) is 0 Å². The quantitative estimate of drug-likeness (QED) is 0.0805. The second-order valence-corrected chi connectivity index (χ2v) is 22.0. The summed E-state index contributed by atoms with van der Waals surface area (Å²) in [5, 5.41) is 29.3. The number of benzene rings is 1. The number of amides is 10. The van der Waals surface area contributed by atoms with E-state index in [-0.39, 0.29) is 44.5 Å². The van der Waals surface area contributed by atoms with Crippen LogP contribution in [0.25, 0.3) is 0 Å². The Morgan fingerprint density at radius 1 is 0.849 bits per heavy atom. The van der Waals surface area contributed by atoms with Gasteiger partial charge >= 0.3 is 0 Å². The number of aliphatic hydroxyl groups is 1. The van der Waals surface area contributed by atoms with Crippen molar-refractivity contribution in [2.45, 2.75) is 170 Å². The van der Waals surface area contributed by atoms with E-state index in [0.717, 1.165) is 19.3 Å². The lowest BCUT2D eigenvalue weighted by Gasteiger charge is -2.37. The van der Waals surface area contributed by atoms with Crippen molar-refractivity contribution in [3.05, 3.63) is 29.8 Å². The van der Waals surface area contributed by atoms with Gasteiger partial charge in [0.25, 0.3) is 0 Å². The van der Waals surface area contributed by atoms with Crippen molar-refractivity contribution < 1.29 is 57.8 Å². The van der Waals surface area contributed by atoms with Crippen LogP contribution in [0.5, 0.6) is 5.75 Å². The van der Waals surface area contributed by atoms with Crippen molar-refractivity contribution in [3.63, 3.8) is 0 Å². The standard InChI is InChI=1S/C48H75N11O12S2/c1-6-26(2)38-45(68)58-39(28(4)60)46(69)55-33(23-36(50)61)42(65)56-34(47(70)59-21-11-13-35(59)44(67)54-31(12-10-20-49)41(64)52-27(3)40(51)63)25-72-73-48(18-8-7-9-19-48)24-37(62)53-32(43(66)57-38)22-29-14-16-30(71-5)17-15-29/h14-17,26-28,31-35,38-39,60H,6-13,18-25,49H2,1-5H3,(H2,50,61)(H2,51,63)(H,52,64)(H,53,62)(H,54,67)(H,55,69)(H,56,65)(H,57,66)(H,58,68)/t26-,27+,28-,31-,32+,33+,34+,35-,38+,39-/m0/s1. The highest BCUT2D eigenvalue weighted by Gasteiger charge is 2.43. The topological polar surface area (TPSA) is 366 Å². The molecule has 2 heterocycles. The van der Waals surface area contributed by atoms with E-state index in [2.05, 4.69) is 37.2 Å². The molecule has 0 bridgehead atoms. The Morgan fingerprint density at radius 2 is 1.49 bits per heavy atom. The maximum Gasteiger partial charge on any atom is 0.246 e. The second kappa shape index (κ2) is 28.7. The number of hydrogen-bond donors (Lipinski definition) is 11. The van der Waals surface area contributed by atoms with Crippen LogP contribution in [0.15, 0.2) is 24.3 Å². The number of nitrogens with one attached hydrogen (secondary N) is 7. The number of methoxy groups -OCH3 is 1. The fourth-order valence-corrected chi connectivity index (χ4v) is 12.3. The summed E-state index contributed by atoms with van der Waals surface area (Å²) in [5.41, 5.74) is 17.3. The zero-order valence-corrected chi connectivity index (χ0v) is 44.0. The number of rotatable bonds is 17. The molecule has 406 valence electrons. The predicted octanol–water partition coefficient (Wildman–Crippen LogP) is -1.34. The zero-order valence-electron chi connectivity index (χ0n) is 42.3. The van der Waals surface area contributed by atoms with E-state index in [1.807, 2.05) is 0 Å². The first-order valence-corrected chi connectivity index (χ1v) is 27.3. The zero-order chi connectivity index (χ0) is 54.0. The second-order valence-electron chi connectivity index (χ2n) is 19.2. The first-order chi connectivity index (χ1) is 34.6. The van der Waals surface area contributed by atoms with E-state index in [1.54, 1.807) is 38.1 Å². The van der Waals surface area contributed by atoms with Gasteiger partial charge in [-0.05, 0) is 82.5 Å². The molecular weight excluding hydrogens is 987 g/mol. The Morgan fingerprint density at radius 3 is 2.10 bits per heavy atom. The molecule has 1 spiro atoms. The maximum atomic E-state index is 14.8. The number of likely N-dealkylation sites (tertiary alicyclic amines) is 1. The highest BCUT2D eigenvalue weighted by atomic mass is 33.1. The van der Waals surface area contributed by atoms with Gasteiger partial charge in [0.1, 0.15) is 54.1 Å². The van der Waals surface area contributed by atoms with Gasteiger partial charge in [0, 0.05) is 29.9 Å². The van der Waals surface area contributed by atoms with Crippen LogP contribution >= 0.6 is 21.6 Å².